The van der Waals surface area contributed by atoms with Crippen molar-refractivity contribution in [3.05, 3.63) is 120 Å². The first-order valence-corrected chi connectivity index (χ1v) is 13.1. The van der Waals surface area contributed by atoms with E-state index in [0.717, 1.165) is 5.92 Å². The average Bonchev–Trinajstić information content (AvgIpc) is 3.72. The Morgan fingerprint density at radius 2 is 1.11 bits per heavy atom. The zero-order chi connectivity index (χ0) is 23.1. The van der Waals surface area contributed by atoms with E-state index in [9.17, 15) is 0 Å². The van der Waals surface area contributed by atoms with Crippen molar-refractivity contribution in [2.75, 3.05) is 26.2 Å². The Balaban J connectivity index is 0.000000252. The van der Waals surface area contributed by atoms with E-state index in [1.165, 1.54) is 51.9 Å². The normalized spacial score (nSPS) is 26.8. The summed E-state index contributed by atoms with van der Waals surface area (Å²) in [6.07, 6.45) is 5.44. The van der Waals surface area contributed by atoms with Gasteiger partial charge in [-0.2, -0.15) is 71.8 Å². The molecule has 4 fully saturated rings. The molecule has 192 valence electrons. The summed E-state index contributed by atoms with van der Waals surface area (Å²) < 4.78 is 0. The Morgan fingerprint density at radius 3 is 1.50 bits per heavy atom. The molecular weight excluding hydrogens is 524 g/mol. The van der Waals surface area contributed by atoms with Crippen LogP contribution in [-0.2, 0) is 34.1 Å². The third-order valence-electron chi connectivity index (χ3n) is 8.19. The van der Waals surface area contributed by atoms with Gasteiger partial charge in [-0.05, 0) is 51.2 Å². The van der Waals surface area contributed by atoms with Crippen LogP contribution in [0.1, 0.15) is 48.6 Å². The third-order valence-corrected chi connectivity index (χ3v) is 8.19. The van der Waals surface area contributed by atoms with Gasteiger partial charge in [0.25, 0.3) is 0 Å². The van der Waals surface area contributed by atoms with E-state index >= 15 is 0 Å². The standard InChI is InChI=1S/C22H28N2.2C5H5.2Fe/c1-2-8-17(7-1)19-13-22(24-11-5-6-12-24)14-20(18-9-3-4-10-18)21(19)15-23-16-22;2*1-2-4-5-3-1;;/h1-4,7-10,19-21,23H,5-6,11-16H2;2*1-5H;;/q-2;2*-1;2*+2. The molecule has 1 aliphatic carbocycles. The summed E-state index contributed by atoms with van der Waals surface area (Å²) in [7, 11) is 0. The number of nitrogens with zero attached hydrogens (tertiary/aromatic N) is 1. The van der Waals surface area contributed by atoms with Gasteiger partial charge < -0.3 is 5.32 Å². The van der Waals surface area contributed by atoms with Gasteiger partial charge in [0.15, 0.2) is 0 Å². The van der Waals surface area contributed by atoms with Crippen molar-refractivity contribution in [1.29, 1.82) is 0 Å². The van der Waals surface area contributed by atoms with Gasteiger partial charge >= 0.3 is 34.1 Å². The van der Waals surface area contributed by atoms with Crippen LogP contribution >= 0.6 is 0 Å². The summed E-state index contributed by atoms with van der Waals surface area (Å²) in [5.74, 6) is 2.13. The molecule has 0 radical (unpaired) electrons. The van der Waals surface area contributed by atoms with Crippen LogP contribution < -0.4 is 5.32 Å². The van der Waals surface area contributed by atoms with Crippen LogP contribution in [0.4, 0.5) is 0 Å². The van der Waals surface area contributed by atoms with E-state index in [1.807, 2.05) is 60.7 Å². The van der Waals surface area contributed by atoms with Gasteiger partial charge in [0.2, 0.25) is 0 Å². The molecule has 36 heavy (non-hydrogen) atoms. The fourth-order valence-electron chi connectivity index (χ4n) is 6.59. The van der Waals surface area contributed by atoms with Crippen LogP contribution in [-0.4, -0.2) is 36.6 Å². The van der Waals surface area contributed by atoms with E-state index in [4.69, 9.17) is 0 Å². The van der Waals surface area contributed by atoms with Crippen molar-refractivity contribution in [3.63, 3.8) is 0 Å². The van der Waals surface area contributed by atoms with Crippen molar-refractivity contribution >= 4 is 0 Å². The minimum Gasteiger partial charge on any atom is -0.315 e. The van der Waals surface area contributed by atoms with Crippen molar-refractivity contribution in [1.82, 2.24) is 10.2 Å². The molecule has 4 heteroatoms. The van der Waals surface area contributed by atoms with E-state index < -0.39 is 0 Å². The second kappa shape index (κ2) is 14.3. The van der Waals surface area contributed by atoms with Crippen molar-refractivity contribution in [2.24, 2.45) is 5.92 Å². The zero-order valence-corrected chi connectivity index (χ0v) is 23.1. The van der Waals surface area contributed by atoms with Gasteiger partial charge in [0, 0.05) is 12.1 Å². The molecule has 3 saturated heterocycles. The molecule has 0 aromatic heterocycles. The van der Waals surface area contributed by atoms with Crippen LogP contribution in [0.15, 0.2) is 109 Å². The summed E-state index contributed by atoms with van der Waals surface area (Å²) in [4.78, 5) is 2.84. The van der Waals surface area contributed by atoms with Crippen molar-refractivity contribution in [2.45, 2.75) is 43.1 Å². The quantitative estimate of drug-likeness (QED) is 0.223. The van der Waals surface area contributed by atoms with E-state index in [2.05, 4.69) is 58.7 Å². The van der Waals surface area contributed by atoms with E-state index in [1.54, 1.807) is 11.1 Å². The predicted octanol–water partition coefficient (Wildman–Crippen LogP) is 6.65. The molecule has 0 spiro atoms. The van der Waals surface area contributed by atoms with Crippen LogP contribution in [0.5, 0.6) is 0 Å². The van der Waals surface area contributed by atoms with Gasteiger partial charge in [-0.15, -0.1) is 0 Å². The average molecular weight is 562 g/mol. The Kier molecular flexibility index (Phi) is 11.5. The smallest absolute Gasteiger partial charge is 0.315 e. The summed E-state index contributed by atoms with van der Waals surface area (Å²) in [5.41, 5.74) is 3.50. The number of hydrogen-bond acceptors (Lipinski definition) is 2. The van der Waals surface area contributed by atoms with Gasteiger partial charge in [0.1, 0.15) is 0 Å². The zero-order valence-electron chi connectivity index (χ0n) is 20.9. The molecular formula is C32H38Fe2N2. The number of nitrogens with one attached hydrogen (secondary N) is 1. The number of fused-ring (bicyclic) bond motifs is 4. The molecule has 2 nitrogen and oxygen atoms in total. The van der Waals surface area contributed by atoms with Crippen molar-refractivity contribution < 1.29 is 34.1 Å². The summed E-state index contributed by atoms with van der Waals surface area (Å²) in [5, 5.41) is 3.87. The first-order chi connectivity index (χ1) is 16.9. The van der Waals surface area contributed by atoms with Crippen LogP contribution in [0.2, 0.25) is 0 Å². The molecule has 2 unspecified atom stereocenters. The van der Waals surface area contributed by atoms with Crippen LogP contribution in [0.3, 0.4) is 0 Å². The largest absolute Gasteiger partial charge is 2.00 e. The maximum atomic E-state index is 3.87. The molecule has 0 amide bonds. The van der Waals surface area contributed by atoms with Crippen LogP contribution in [0.25, 0.3) is 0 Å². The van der Waals surface area contributed by atoms with Gasteiger partial charge in [-0.25, -0.2) is 48.5 Å². The second-order valence-corrected chi connectivity index (χ2v) is 10.2. The van der Waals surface area contributed by atoms with E-state index in [-0.39, 0.29) is 34.1 Å². The number of likely N-dealkylation sites (tertiary alicyclic amines) is 1. The topological polar surface area (TPSA) is 15.3 Å². The Bertz CT molecular complexity index is 908. The second-order valence-electron chi connectivity index (χ2n) is 10.2. The molecule has 2 bridgehead atoms. The molecule has 4 aliphatic rings. The SMILES string of the molecule is [Fe+2].[Fe+2].c1cc[c-](C2CC3(N4CCCC4)CNCC2C([c-]2cccc2)C3)c1.c1cc[cH-]c1.c1cc[cH-]c1. The first kappa shape index (κ1) is 28.9. The van der Waals surface area contributed by atoms with Gasteiger partial charge in [-0.3, -0.25) is 4.90 Å². The Morgan fingerprint density at radius 1 is 0.667 bits per heavy atom. The predicted molar refractivity (Wildman–Crippen MR) is 143 cm³/mol. The minimum atomic E-state index is 0. The number of rotatable bonds is 3. The maximum Gasteiger partial charge on any atom is 2.00 e. The monoisotopic (exact) mass is 562 g/mol. The Hall–Kier alpha value is -1.64. The van der Waals surface area contributed by atoms with Gasteiger partial charge in [0.05, 0.1) is 0 Å². The minimum absolute atomic E-state index is 0. The third kappa shape index (κ3) is 6.81. The summed E-state index contributed by atoms with van der Waals surface area (Å²) in [6, 6.07) is 38.4. The maximum absolute atomic E-state index is 3.87. The fraction of sp³-hybridized carbons (Fsp3) is 0.375. The summed E-state index contributed by atoms with van der Waals surface area (Å²) >= 11 is 0. The van der Waals surface area contributed by atoms with Crippen LogP contribution in [0, 0.1) is 5.92 Å². The fourth-order valence-corrected chi connectivity index (χ4v) is 6.59. The molecule has 1 N–H and O–H groups in total. The van der Waals surface area contributed by atoms with Crippen molar-refractivity contribution in [3.8, 4) is 0 Å². The number of hydrogen-bond donors (Lipinski definition) is 1. The summed E-state index contributed by atoms with van der Waals surface area (Å²) in [6.45, 7) is 4.95. The van der Waals surface area contributed by atoms with Gasteiger partial charge in [-0.1, -0.05) is 11.8 Å². The molecule has 8 rings (SSSR count). The molecule has 1 saturated carbocycles. The molecule has 4 aromatic carbocycles. The first-order valence-electron chi connectivity index (χ1n) is 13.1. The molecule has 2 atom stereocenters. The molecule has 3 aliphatic heterocycles. The molecule has 4 aromatic rings. The van der Waals surface area contributed by atoms with E-state index in [0.29, 0.717) is 17.4 Å². The Labute approximate surface area is 238 Å². The molecule has 3 heterocycles.